The van der Waals surface area contributed by atoms with Crippen LogP contribution in [0.3, 0.4) is 0 Å². The van der Waals surface area contributed by atoms with Gasteiger partial charge in [0.25, 0.3) is 0 Å². The lowest BCUT2D eigenvalue weighted by molar-refractivity contribution is -0.126. The van der Waals surface area contributed by atoms with Gasteiger partial charge in [-0.1, -0.05) is 13.8 Å². The maximum Gasteiger partial charge on any atom is 0.405 e. The Morgan fingerprint density at radius 3 is 2.09 bits per heavy atom. The number of alkyl halides is 3. The van der Waals surface area contributed by atoms with Gasteiger partial charge in [0.05, 0.1) is 13.1 Å². The quantitative estimate of drug-likeness (QED) is 0.574. The van der Waals surface area contributed by atoms with Crippen molar-refractivity contribution in [3.8, 4) is 0 Å². The molecule has 0 aromatic carbocycles. The minimum atomic E-state index is -4.55. The summed E-state index contributed by atoms with van der Waals surface area (Å²) in [4.78, 5) is 35.9. The van der Waals surface area contributed by atoms with Crippen LogP contribution >= 0.6 is 0 Å². The molecule has 0 aliphatic rings. The Bertz CT molecular complexity index is 402. The lowest BCUT2D eigenvalue weighted by Gasteiger charge is -2.20. The Morgan fingerprint density at radius 2 is 1.57 bits per heavy atom. The molecule has 0 spiro atoms. The fourth-order valence-electron chi connectivity index (χ4n) is 1.65. The van der Waals surface area contributed by atoms with Crippen molar-refractivity contribution in [3.05, 3.63) is 0 Å². The first kappa shape index (κ1) is 21.2. The van der Waals surface area contributed by atoms with Crippen LogP contribution < -0.4 is 16.0 Å². The minimum Gasteiger partial charge on any atom is -0.355 e. The smallest absolute Gasteiger partial charge is 0.355 e. The molecule has 134 valence electrons. The molecule has 10 heteroatoms. The minimum absolute atomic E-state index is 0.0224. The van der Waals surface area contributed by atoms with Gasteiger partial charge >= 0.3 is 12.2 Å². The van der Waals surface area contributed by atoms with E-state index in [9.17, 15) is 27.6 Å². The average Bonchev–Trinajstić information content (AvgIpc) is 2.42. The highest BCUT2D eigenvalue weighted by Crippen LogP contribution is 2.11. The van der Waals surface area contributed by atoms with Crippen LogP contribution in [0.1, 0.15) is 26.7 Å². The maximum atomic E-state index is 11.9. The molecule has 3 N–H and O–H groups in total. The number of imide groups is 1. The standard InChI is InChI=1S/C13H23F3N4O3/c1-3-5-17-10(21)7-20(6-4-2)8-11(22)19-12(23)18-9-13(14,15)16/h3-9H2,1-2H3,(H,17,21)(H2,18,19,22,23). The molecule has 0 heterocycles. The van der Waals surface area contributed by atoms with Crippen LogP contribution in [-0.4, -0.2) is 61.6 Å². The number of nitrogens with one attached hydrogen (secondary N) is 3. The molecule has 0 bridgehead atoms. The number of carbonyl (C=O) groups is 3. The first-order valence-electron chi connectivity index (χ1n) is 7.31. The van der Waals surface area contributed by atoms with Gasteiger partial charge in [-0.3, -0.25) is 19.8 Å². The fraction of sp³-hybridized carbons (Fsp3) is 0.769. The summed E-state index contributed by atoms with van der Waals surface area (Å²) in [6, 6.07) is -1.22. The number of amides is 4. The Morgan fingerprint density at radius 1 is 0.957 bits per heavy atom. The lowest BCUT2D eigenvalue weighted by atomic mass is 10.3. The molecule has 0 aromatic heterocycles. The van der Waals surface area contributed by atoms with Gasteiger partial charge in [0.15, 0.2) is 0 Å². The molecule has 0 saturated carbocycles. The van der Waals surface area contributed by atoms with Crippen LogP contribution in [-0.2, 0) is 9.59 Å². The monoisotopic (exact) mass is 340 g/mol. The molecule has 0 aliphatic heterocycles. The normalized spacial score (nSPS) is 11.2. The lowest BCUT2D eigenvalue weighted by Crippen LogP contribution is -2.48. The number of urea groups is 1. The zero-order valence-corrected chi connectivity index (χ0v) is 13.3. The van der Waals surface area contributed by atoms with Crippen LogP contribution in [0, 0.1) is 0 Å². The van der Waals surface area contributed by atoms with Crippen molar-refractivity contribution in [1.29, 1.82) is 0 Å². The predicted octanol–water partition coefficient (Wildman–Crippen LogP) is 0.613. The third-order valence-corrected chi connectivity index (χ3v) is 2.55. The largest absolute Gasteiger partial charge is 0.405 e. The zero-order valence-electron chi connectivity index (χ0n) is 13.3. The molecule has 0 rings (SSSR count). The van der Waals surface area contributed by atoms with Gasteiger partial charge in [-0.05, 0) is 19.4 Å². The summed E-state index contributed by atoms with van der Waals surface area (Å²) in [6.45, 7) is 2.91. The molecule has 0 unspecified atom stereocenters. The van der Waals surface area contributed by atoms with Gasteiger partial charge in [-0.15, -0.1) is 0 Å². The van der Waals surface area contributed by atoms with E-state index < -0.39 is 24.7 Å². The average molecular weight is 340 g/mol. The predicted molar refractivity (Wildman–Crippen MR) is 77.6 cm³/mol. The molecule has 0 atom stereocenters. The number of halogens is 3. The van der Waals surface area contributed by atoms with E-state index in [-0.39, 0.29) is 19.0 Å². The Kier molecular flexibility index (Phi) is 9.95. The number of carbonyl (C=O) groups excluding carboxylic acids is 3. The van der Waals surface area contributed by atoms with Crippen LogP contribution in [0.15, 0.2) is 0 Å². The van der Waals surface area contributed by atoms with Crippen molar-refractivity contribution in [1.82, 2.24) is 20.9 Å². The molecule has 0 radical (unpaired) electrons. The second-order valence-corrected chi connectivity index (χ2v) is 4.91. The summed E-state index contributed by atoms with van der Waals surface area (Å²) in [7, 11) is 0. The molecule has 4 amide bonds. The van der Waals surface area contributed by atoms with E-state index in [1.807, 2.05) is 13.8 Å². The van der Waals surface area contributed by atoms with Crippen molar-refractivity contribution >= 4 is 17.8 Å². The van der Waals surface area contributed by atoms with Crippen LogP contribution in [0.5, 0.6) is 0 Å². The highest BCUT2D eigenvalue weighted by atomic mass is 19.4. The number of hydrogen-bond donors (Lipinski definition) is 3. The highest BCUT2D eigenvalue weighted by molar-refractivity contribution is 5.95. The second kappa shape index (κ2) is 10.8. The van der Waals surface area contributed by atoms with Crippen molar-refractivity contribution in [3.63, 3.8) is 0 Å². The van der Waals surface area contributed by atoms with Crippen molar-refractivity contribution < 1.29 is 27.6 Å². The van der Waals surface area contributed by atoms with E-state index >= 15 is 0 Å². The molecular formula is C13H23F3N4O3. The third-order valence-electron chi connectivity index (χ3n) is 2.55. The second-order valence-electron chi connectivity index (χ2n) is 4.91. The first-order chi connectivity index (χ1) is 10.7. The van der Waals surface area contributed by atoms with Crippen LogP contribution in [0.2, 0.25) is 0 Å². The third kappa shape index (κ3) is 12.4. The molecule has 7 nitrogen and oxygen atoms in total. The molecule has 0 saturated heterocycles. The number of nitrogens with zero attached hydrogens (tertiary/aromatic N) is 1. The maximum absolute atomic E-state index is 11.9. The summed E-state index contributed by atoms with van der Waals surface area (Å²) >= 11 is 0. The van der Waals surface area contributed by atoms with Gasteiger partial charge in [-0.2, -0.15) is 13.2 Å². The van der Waals surface area contributed by atoms with E-state index in [1.54, 1.807) is 5.32 Å². The van der Waals surface area contributed by atoms with Crippen molar-refractivity contribution in [2.24, 2.45) is 0 Å². The number of hydrogen-bond acceptors (Lipinski definition) is 4. The SMILES string of the molecule is CCCNC(=O)CN(CCC)CC(=O)NC(=O)NCC(F)(F)F. The van der Waals surface area contributed by atoms with E-state index in [0.29, 0.717) is 19.5 Å². The Balaban J connectivity index is 4.28. The van der Waals surface area contributed by atoms with E-state index in [1.165, 1.54) is 10.2 Å². The van der Waals surface area contributed by atoms with E-state index in [0.717, 1.165) is 6.42 Å². The van der Waals surface area contributed by atoms with Gasteiger partial charge in [0.2, 0.25) is 11.8 Å². The molecule has 0 fully saturated rings. The van der Waals surface area contributed by atoms with Crippen molar-refractivity contribution in [2.75, 3.05) is 32.7 Å². The Hall–Kier alpha value is -1.84. The van der Waals surface area contributed by atoms with Crippen molar-refractivity contribution in [2.45, 2.75) is 32.9 Å². The summed E-state index contributed by atoms with van der Waals surface area (Å²) in [5, 5.41) is 5.98. The fourth-order valence-corrected chi connectivity index (χ4v) is 1.65. The summed E-state index contributed by atoms with van der Waals surface area (Å²) in [5.41, 5.74) is 0. The zero-order chi connectivity index (χ0) is 17.9. The van der Waals surface area contributed by atoms with E-state index in [4.69, 9.17) is 0 Å². The van der Waals surface area contributed by atoms with Gasteiger partial charge in [0, 0.05) is 6.54 Å². The van der Waals surface area contributed by atoms with E-state index in [2.05, 4.69) is 5.32 Å². The van der Waals surface area contributed by atoms with Gasteiger partial charge in [0.1, 0.15) is 6.54 Å². The first-order valence-corrected chi connectivity index (χ1v) is 7.31. The molecular weight excluding hydrogens is 317 g/mol. The van der Waals surface area contributed by atoms with Crippen LogP contribution in [0.4, 0.5) is 18.0 Å². The van der Waals surface area contributed by atoms with Crippen LogP contribution in [0.25, 0.3) is 0 Å². The topological polar surface area (TPSA) is 90.5 Å². The molecule has 23 heavy (non-hydrogen) atoms. The Labute approximate surface area is 133 Å². The summed E-state index contributed by atoms with van der Waals surface area (Å²) < 4.78 is 35.8. The summed E-state index contributed by atoms with van der Waals surface area (Å²) in [5.74, 6) is -1.03. The summed E-state index contributed by atoms with van der Waals surface area (Å²) in [6.07, 6.45) is -3.10. The van der Waals surface area contributed by atoms with Gasteiger partial charge in [-0.25, -0.2) is 4.79 Å². The highest BCUT2D eigenvalue weighted by Gasteiger charge is 2.28. The van der Waals surface area contributed by atoms with Gasteiger partial charge < -0.3 is 10.6 Å². The molecule has 0 aromatic rings. The number of rotatable bonds is 9. The molecule has 0 aliphatic carbocycles.